The summed E-state index contributed by atoms with van der Waals surface area (Å²) in [6.45, 7) is 2.00. The van der Waals surface area contributed by atoms with E-state index in [1.807, 2.05) is 13.0 Å². The first-order valence-electron chi connectivity index (χ1n) is 10.4. The third kappa shape index (κ3) is 4.99. The summed E-state index contributed by atoms with van der Waals surface area (Å²) in [5.74, 6) is 0.0175. The molecule has 0 spiro atoms. The monoisotopic (exact) mass is 460 g/mol. The summed E-state index contributed by atoms with van der Waals surface area (Å²) in [6, 6.07) is 19.4. The summed E-state index contributed by atoms with van der Waals surface area (Å²) < 4.78 is 16.7. The van der Waals surface area contributed by atoms with E-state index in [9.17, 15) is 9.59 Å². The Morgan fingerprint density at radius 2 is 1.76 bits per heavy atom. The van der Waals surface area contributed by atoms with Gasteiger partial charge in [-0.15, -0.1) is 0 Å². The van der Waals surface area contributed by atoms with Crippen molar-refractivity contribution in [2.45, 2.75) is 13.3 Å². The third-order valence-electron chi connectivity index (χ3n) is 5.16. The molecule has 0 bridgehead atoms. The van der Waals surface area contributed by atoms with Gasteiger partial charge in [0.1, 0.15) is 11.3 Å². The zero-order chi connectivity index (χ0) is 23.4. The van der Waals surface area contributed by atoms with Gasteiger partial charge in [-0.25, -0.2) is 4.79 Å². The van der Waals surface area contributed by atoms with Crippen molar-refractivity contribution in [1.82, 2.24) is 0 Å². The summed E-state index contributed by atoms with van der Waals surface area (Å²) in [4.78, 5) is 26.0. The number of esters is 1. The molecule has 4 aromatic rings. The number of benzene rings is 3. The number of halogens is 1. The first kappa shape index (κ1) is 22.4. The molecule has 0 aliphatic heterocycles. The van der Waals surface area contributed by atoms with E-state index in [0.29, 0.717) is 27.3 Å². The number of fused-ring (bicyclic) bond motifs is 1. The Kier molecular flexibility index (Phi) is 6.61. The van der Waals surface area contributed by atoms with Crippen LogP contribution < -0.4 is 14.9 Å². The number of methoxy groups -OCH3 is 1. The maximum atomic E-state index is 13.3. The first-order chi connectivity index (χ1) is 16.0. The van der Waals surface area contributed by atoms with E-state index in [1.165, 1.54) is 6.08 Å². The van der Waals surface area contributed by atoms with Crippen LogP contribution in [0.25, 0.3) is 28.4 Å². The lowest BCUT2D eigenvalue weighted by Crippen LogP contribution is -2.14. The molecule has 1 aromatic heterocycles. The average Bonchev–Trinajstić information content (AvgIpc) is 2.85. The molecule has 1 heterocycles. The van der Waals surface area contributed by atoms with Crippen molar-refractivity contribution in [2.24, 2.45) is 0 Å². The molecule has 0 saturated carbocycles. The van der Waals surface area contributed by atoms with Gasteiger partial charge in [-0.05, 0) is 72.2 Å². The van der Waals surface area contributed by atoms with Gasteiger partial charge in [0, 0.05) is 16.7 Å². The normalized spacial score (nSPS) is 11.1. The van der Waals surface area contributed by atoms with Crippen LogP contribution in [-0.2, 0) is 11.2 Å². The van der Waals surface area contributed by atoms with Crippen LogP contribution in [0, 0.1) is 0 Å². The van der Waals surface area contributed by atoms with Gasteiger partial charge in [-0.2, -0.15) is 0 Å². The van der Waals surface area contributed by atoms with Gasteiger partial charge in [0.25, 0.3) is 0 Å². The third-order valence-corrected chi connectivity index (χ3v) is 5.41. The zero-order valence-electron chi connectivity index (χ0n) is 18.1. The highest BCUT2D eigenvalue weighted by molar-refractivity contribution is 6.30. The van der Waals surface area contributed by atoms with Gasteiger partial charge < -0.3 is 13.9 Å². The number of carbonyl (C=O) groups is 1. The van der Waals surface area contributed by atoms with E-state index in [-0.39, 0.29) is 11.5 Å². The number of hydrogen-bond acceptors (Lipinski definition) is 5. The van der Waals surface area contributed by atoms with Gasteiger partial charge in [0.05, 0.1) is 12.5 Å². The van der Waals surface area contributed by atoms with E-state index < -0.39 is 11.4 Å². The highest BCUT2D eigenvalue weighted by atomic mass is 35.5. The minimum atomic E-state index is -0.695. The highest BCUT2D eigenvalue weighted by Crippen LogP contribution is 2.32. The summed E-state index contributed by atoms with van der Waals surface area (Å²) in [5, 5.41) is 0.893. The van der Waals surface area contributed by atoms with Crippen LogP contribution in [0.1, 0.15) is 18.1 Å². The van der Waals surface area contributed by atoms with Crippen LogP contribution in [0.4, 0.5) is 0 Å². The van der Waals surface area contributed by atoms with Gasteiger partial charge in [-0.1, -0.05) is 36.7 Å². The minimum Gasteiger partial charge on any atom is -0.497 e. The van der Waals surface area contributed by atoms with Gasteiger partial charge >= 0.3 is 5.97 Å². The quantitative estimate of drug-likeness (QED) is 0.249. The van der Waals surface area contributed by atoms with E-state index in [2.05, 4.69) is 0 Å². The van der Waals surface area contributed by atoms with Gasteiger partial charge in [0.15, 0.2) is 5.76 Å². The van der Waals surface area contributed by atoms with Crippen molar-refractivity contribution in [3.63, 3.8) is 0 Å². The Labute approximate surface area is 195 Å². The smallest absolute Gasteiger partial charge is 0.336 e. The Morgan fingerprint density at radius 1 is 1.03 bits per heavy atom. The van der Waals surface area contributed by atoms with Crippen molar-refractivity contribution < 1.29 is 18.7 Å². The van der Waals surface area contributed by atoms with Crippen molar-refractivity contribution in [2.75, 3.05) is 7.11 Å². The summed E-state index contributed by atoms with van der Waals surface area (Å²) in [7, 11) is 1.58. The maximum absolute atomic E-state index is 13.3. The number of hydrogen-bond donors (Lipinski definition) is 0. The molecule has 0 aliphatic carbocycles. The lowest BCUT2D eigenvalue weighted by atomic mass is 10.1. The lowest BCUT2D eigenvalue weighted by Gasteiger charge is -2.10. The Bertz CT molecular complexity index is 1380. The average molecular weight is 461 g/mol. The fourth-order valence-electron chi connectivity index (χ4n) is 3.34. The molecule has 6 heteroatoms. The molecule has 0 N–H and O–H groups in total. The molecular weight excluding hydrogens is 440 g/mol. The predicted octanol–water partition coefficient (Wildman–Crippen LogP) is 6.30. The van der Waals surface area contributed by atoms with E-state index in [1.54, 1.807) is 73.8 Å². The van der Waals surface area contributed by atoms with E-state index >= 15 is 0 Å². The second-order valence-electron chi connectivity index (χ2n) is 7.31. The molecule has 0 amide bonds. The van der Waals surface area contributed by atoms with Crippen LogP contribution >= 0.6 is 11.6 Å². The molecule has 0 fully saturated rings. The van der Waals surface area contributed by atoms with E-state index in [0.717, 1.165) is 17.5 Å². The molecular formula is C27H21ClO5. The topological polar surface area (TPSA) is 65.7 Å². The predicted molar refractivity (Wildman–Crippen MR) is 130 cm³/mol. The fraction of sp³-hybridized carbons (Fsp3) is 0.111. The number of rotatable bonds is 6. The largest absolute Gasteiger partial charge is 0.497 e. The number of carbonyl (C=O) groups excluding carboxylic acids is 1. The highest BCUT2D eigenvalue weighted by Gasteiger charge is 2.20. The summed E-state index contributed by atoms with van der Waals surface area (Å²) >= 11 is 6.01. The van der Waals surface area contributed by atoms with Crippen LogP contribution in [0.3, 0.4) is 0 Å². The van der Waals surface area contributed by atoms with Crippen LogP contribution in [0.15, 0.2) is 82.0 Å². The summed E-state index contributed by atoms with van der Waals surface area (Å²) in [6.07, 6.45) is 3.62. The van der Waals surface area contributed by atoms with E-state index in [4.69, 9.17) is 25.5 Å². The zero-order valence-corrected chi connectivity index (χ0v) is 18.9. The molecule has 5 nitrogen and oxygen atoms in total. The van der Waals surface area contributed by atoms with Crippen LogP contribution in [0.5, 0.6) is 11.5 Å². The SMILES string of the molecule is CCc1ccc2oc(-c3ccc(Cl)cc3)c(OC(=O)/C=C/c3ccc(OC)cc3)c(=O)c2c1. The number of aryl methyl sites for hydroxylation is 1. The Hall–Kier alpha value is -3.83. The Morgan fingerprint density at radius 3 is 2.42 bits per heavy atom. The van der Waals surface area contributed by atoms with Crippen molar-refractivity contribution in [3.05, 3.63) is 99.2 Å². The van der Waals surface area contributed by atoms with Gasteiger partial charge in [-0.3, -0.25) is 4.79 Å². The van der Waals surface area contributed by atoms with Crippen LogP contribution in [0.2, 0.25) is 5.02 Å². The second kappa shape index (κ2) is 9.76. The molecule has 0 saturated heterocycles. The second-order valence-corrected chi connectivity index (χ2v) is 7.74. The maximum Gasteiger partial charge on any atom is 0.336 e. The molecule has 3 aromatic carbocycles. The Balaban J connectivity index is 1.74. The molecule has 33 heavy (non-hydrogen) atoms. The van der Waals surface area contributed by atoms with Crippen molar-refractivity contribution in [3.8, 4) is 22.8 Å². The summed E-state index contributed by atoms with van der Waals surface area (Å²) in [5.41, 5.74) is 2.33. The lowest BCUT2D eigenvalue weighted by molar-refractivity contribution is -0.129. The number of ether oxygens (including phenoxy) is 2. The molecule has 0 unspecified atom stereocenters. The van der Waals surface area contributed by atoms with Crippen molar-refractivity contribution in [1.29, 1.82) is 0 Å². The molecule has 0 radical (unpaired) electrons. The molecule has 0 aliphatic rings. The fourth-order valence-corrected chi connectivity index (χ4v) is 3.47. The molecule has 4 rings (SSSR count). The molecule has 0 atom stereocenters. The van der Waals surface area contributed by atoms with Crippen LogP contribution in [-0.4, -0.2) is 13.1 Å². The molecule has 166 valence electrons. The van der Waals surface area contributed by atoms with Gasteiger partial charge in [0.2, 0.25) is 11.2 Å². The first-order valence-corrected chi connectivity index (χ1v) is 10.8. The van der Waals surface area contributed by atoms with Crippen molar-refractivity contribution >= 4 is 34.6 Å². The standard InChI is InChI=1S/C27H21ClO5/c1-3-17-6-14-23-22(16-17)25(30)27(26(32-23)19-8-10-20(28)11-9-19)33-24(29)15-7-18-4-12-21(31-2)13-5-18/h4-16H,3H2,1-2H3/b15-7+. The minimum absolute atomic E-state index is 0.164.